The third-order valence-electron chi connectivity index (χ3n) is 3.23. The van der Waals surface area contributed by atoms with Crippen LogP contribution in [0.2, 0.25) is 10.0 Å². The van der Waals surface area contributed by atoms with E-state index in [-0.39, 0.29) is 6.10 Å². The van der Waals surface area contributed by atoms with E-state index in [0.29, 0.717) is 16.6 Å². The number of benzene rings is 2. The fourth-order valence-electron chi connectivity index (χ4n) is 1.85. The topological polar surface area (TPSA) is 21.3 Å². The molecule has 0 saturated carbocycles. The number of hydrogen-bond donors (Lipinski definition) is 1. The number of halogens is 2. The van der Waals surface area contributed by atoms with Crippen LogP contribution in [0.1, 0.15) is 25.8 Å². The van der Waals surface area contributed by atoms with Crippen molar-refractivity contribution in [1.82, 2.24) is 0 Å². The van der Waals surface area contributed by atoms with Crippen LogP contribution in [0.15, 0.2) is 42.5 Å². The molecule has 2 aromatic rings. The van der Waals surface area contributed by atoms with E-state index in [1.54, 1.807) is 0 Å². The molecule has 0 bridgehead atoms. The molecule has 0 saturated heterocycles. The highest BCUT2D eigenvalue weighted by Gasteiger charge is 2.03. The fraction of sp³-hybridized carbons (Fsp3) is 0.294. The third-order valence-corrected chi connectivity index (χ3v) is 3.97. The van der Waals surface area contributed by atoms with Crippen molar-refractivity contribution in [2.75, 3.05) is 5.32 Å². The molecule has 112 valence electrons. The van der Waals surface area contributed by atoms with Gasteiger partial charge in [0.25, 0.3) is 0 Å². The zero-order chi connectivity index (χ0) is 15.2. The molecule has 2 rings (SSSR count). The minimum absolute atomic E-state index is 0.218. The highest BCUT2D eigenvalue weighted by atomic mass is 35.5. The van der Waals surface area contributed by atoms with Crippen molar-refractivity contribution in [3.8, 4) is 5.75 Å². The summed E-state index contributed by atoms with van der Waals surface area (Å²) in [6, 6.07) is 13.6. The first kappa shape index (κ1) is 16.0. The standard InChI is InChI=1S/C17H19Cl2NO/c1-3-12(2)21-15-6-4-5-14(10-15)20-11-13-7-8-16(18)17(19)9-13/h4-10,12,20H,3,11H2,1-2H3. The zero-order valence-electron chi connectivity index (χ0n) is 12.2. The normalized spacial score (nSPS) is 12.0. The molecule has 0 aliphatic rings. The summed E-state index contributed by atoms with van der Waals surface area (Å²) in [6.07, 6.45) is 1.20. The smallest absolute Gasteiger partial charge is 0.121 e. The van der Waals surface area contributed by atoms with E-state index >= 15 is 0 Å². The van der Waals surface area contributed by atoms with Gasteiger partial charge in [0.2, 0.25) is 0 Å². The molecule has 0 aromatic heterocycles. The average Bonchev–Trinajstić information content (AvgIpc) is 2.49. The second kappa shape index (κ2) is 7.58. The maximum absolute atomic E-state index is 6.01. The van der Waals surface area contributed by atoms with Gasteiger partial charge >= 0.3 is 0 Å². The molecule has 2 nitrogen and oxygen atoms in total. The van der Waals surface area contributed by atoms with Gasteiger partial charge in [0.1, 0.15) is 5.75 Å². The summed E-state index contributed by atoms with van der Waals surface area (Å²) in [5.74, 6) is 0.878. The van der Waals surface area contributed by atoms with Gasteiger partial charge in [0.05, 0.1) is 16.1 Å². The van der Waals surface area contributed by atoms with E-state index in [2.05, 4.69) is 19.2 Å². The molecule has 0 aliphatic heterocycles. The summed E-state index contributed by atoms with van der Waals surface area (Å²) < 4.78 is 5.81. The van der Waals surface area contributed by atoms with Crippen LogP contribution in [-0.4, -0.2) is 6.10 Å². The molecule has 2 aromatic carbocycles. The maximum atomic E-state index is 6.01. The van der Waals surface area contributed by atoms with Crippen LogP contribution in [0.25, 0.3) is 0 Å². The van der Waals surface area contributed by atoms with Gasteiger partial charge < -0.3 is 10.1 Å². The van der Waals surface area contributed by atoms with Gasteiger partial charge in [-0.3, -0.25) is 0 Å². The van der Waals surface area contributed by atoms with E-state index < -0.39 is 0 Å². The first-order chi connectivity index (χ1) is 10.1. The van der Waals surface area contributed by atoms with Gasteiger partial charge in [-0.2, -0.15) is 0 Å². The Balaban J connectivity index is 1.99. The maximum Gasteiger partial charge on any atom is 0.121 e. The van der Waals surface area contributed by atoms with Crippen LogP contribution in [0.4, 0.5) is 5.69 Å². The van der Waals surface area contributed by atoms with E-state index in [1.165, 1.54) is 0 Å². The Labute approximate surface area is 136 Å². The molecule has 4 heteroatoms. The molecular weight excluding hydrogens is 305 g/mol. The first-order valence-electron chi connectivity index (χ1n) is 7.03. The van der Waals surface area contributed by atoms with Crippen LogP contribution in [-0.2, 0) is 6.54 Å². The van der Waals surface area contributed by atoms with Crippen molar-refractivity contribution in [2.45, 2.75) is 32.9 Å². The summed E-state index contributed by atoms with van der Waals surface area (Å²) in [4.78, 5) is 0. The van der Waals surface area contributed by atoms with Crippen molar-refractivity contribution in [3.63, 3.8) is 0 Å². The molecule has 0 amide bonds. The van der Waals surface area contributed by atoms with E-state index in [4.69, 9.17) is 27.9 Å². The molecule has 0 aliphatic carbocycles. The number of nitrogens with one attached hydrogen (secondary N) is 1. The van der Waals surface area contributed by atoms with Crippen LogP contribution in [0.3, 0.4) is 0 Å². The van der Waals surface area contributed by atoms with Crippen LogP contribution < -0.4 is 10.1 Å². The molecule has 0 spiro atoms. The number of rotatable bonds is 6. The predicted octanol–water partition coefficient (Wildman–Crippen LogP) is 5.78. The van der Waals surface area contributed by atoms with Gasteiger partial charge in [-0.15, -0.1) is 0 Å². The molecule has 1 N–H and O–H groups in total. The lowest BCUT2D eigenvalue weighted by Gasteiger charge is -2.14. The first-order valence-corrected chi connectivity index (χ1v) is 7.78. The minimum Gasteiger partial charge on any atom is -0.491 e. The second-order valence-electron chi connectivity index (χ2n) is 4.97. The van der Waals surface area contributed by atoms with Crippen LogP contribution in [0.5, 0.6) is 5.75 Å². The van der Waals surface area contributed by atoms with Gasteiger partial charge in [0, 0.05) is 18.3 Å². The average molecular weight is 324 g/mol. The summed E-state index contributed by atoms with van der Waals surface area (Å²) in [5.41, 5.74) is 2.10. The zero-order valence-corrected chi connectivity index (χ0v) is 13.7. The van der Waals surface area contributed by atoms with E-state index in [0.717, 1.165) is 23.4 Å². The lowest BCUT2D eigenvalue weighted by molar-refractivity contribution is 0.217. The summed E-state index contributed by atoms with van der Waals surface area (Å²) in [7, 11) is 0. The largest absolute Gasteiger partial charge is 0.491 e. The molecule has 0 radical (unpaired) electrons. The Morgan fingerprint density at radius 2 is 1.90 bits per heavy atom. The third kappa shape index (κ3) is 4.83. The Hall–Kier alpha value is -1.38. The Morgan fingerprint density at radius 3 is 2.62 bits per heavy atom. The molecule has 0 fully saturated rings. The lowest BCUT2D eigenvalue weighted by atomic mass is 10.2. The Kier molecular flexibility index (Phi) is 5.77. The fourth-order valence-corrected chi connectivity index (χ4v) is 2.17. The lowest BCUT2D eigenvalue weighted by Crippen LogP contribution is -2.09. The van der Waals surface area contributed by atoms with E-state index in [1.807, 2.05) is 42.5 Å². The number of ether oxygens (including phenoxy) is 1. The summed E-state index contributed by atoms with van der Waals surface area (Å²) in [6.45, 7) is 4.86. The molecular formula is C17H19Cl2NO. The van der Waals surface area contributed by atoms with E-state index in [9.17, 15) is 0 Å². The molecule has 1 atom stereocenters. The van der Waals surface area contributed by atoms with Crippen LogP contribution in [0, 0.1) is 0 Å². The highest BCUT2D eigenvalue weighted by molar-refractivity contribution is 6.42. The number of hydrogen-bond acceptors (Lipinski definition) is 2. The van der Waals surface area contributed by atoms with Crippen molar-refractivity contribution >= 4 is 28.9 Å². The number of anilines is 1. The Bertz CT molecular complexity index is 601. The van der Waals surface area contributed by atoms with Gasteiger partial charge in [-0.1, -0.05) is 42.3 Å². The second-order valence-corrected chi connectivity index (χ2v) is 5.78. The quantitative estimate of drug-likeness (QED) is 0.727. The van der Waals surface area contributed by atoms with Gasteiger partial charge in [-0.05, 0) is 43.2 Å². The highest BCUT2D eigenvalue weighted by Crippen LogP contribution is 2.24. The summed E-state index contributed by atoms with van der Waals surface area (Å²) in [5, 5.41) is 4.50. The summed E-state index contributed by atoms with van der Waals surface area (Å²) >= 11 is 11.9. The minimum atomic E-state index is 0.218. The van der Waals surface area contributed by atoms with Crippen molar-refractivity contribution in [2.24, 2.45) is 0 Å². The van der Waals surface area contributed by atoms with Crippen molar-refractivity contribution in [3.05, 3.63) is 58.1 Å². The molecule has 0 heterocycles. The predicted molar refractivity (Wildman–Crippen MR) is 90.6 cm³/mol. The van der Waals surface area contributed by atoms with Gasteiger partial charge in [0.15, 0.2) is 0 Å². The van der Waals surface area contributed by atoms with Crippen molar-refractivity contribution in [1.29, 1.82) is 0 Å². The van der Waals surface area contributed by atoms with Crippen LogP contribution >= 0.6 is 23.2 Å². The van der Waals surface area contributed by atoms with Gasteiger partial charge in [-0.25, -0.2) is 0 Å². The SMILES string of the molecule is CCC(C)Oc1cccc(NCc2ccc(Cl)c(Cl)c2)c1. The Morgan fingerprint density at radius 1 is 1.10 bits per heavy atom. The molecule has 1 unspecified atom stereocenters. The monoisotopic (exact) mass is 323 g/mol. The van der Waals surface area contributed by atoms with Crippen molar-refractivity contribution < 1.29 is 4.74 Å². The molecule has 21 heavy (non-hydrogen) atoms.